The molecule has 35 heavy (non-hydrogen) atoms. The first-order valence-electron chi connectivity index (χ1n) is 13.3. The van der Waals surface area contributed by atoms with Crippen LogP contribution < -0.4 is 9.92 Å². The molecule has 1 heterocycles. The predicted octanol–water partition coefficient (Wildman–Crippen LogP) is 6.97. The third-order valence-electron chi connectivity index (χ3n) is 7.86. The van der Waals surface area contributed by atoms with Crippen LogP contribution in [-0.2, 0) is 17.4 Å². The number of hydrogen-bond acceptors (Lipinski definition) is 4. The van der Waals surface area contributed by atoms with Gasteiger partial charge in [-0.25, -0.2) is 0 Å². The van der Waals surface area contributed by atoms with E-state index in [9.17, 15) is 0 Å². The zero-order valence-electron chi connectivity index (χ0n) is 23.8. The van der Waals surface area contributed by atoms with E-state index in [0.717, 1.165) is 37.4 Å². The molecule has 7 heteroatoms. The van der Waals surface area contributed by atoms with E-state index in [1.807, 2.05) is 4.68 Å². The molecule has 1 atom stereocenters. The minimum absolute atomic E-state index is 0.520. The summed E-state index contributed by atoms with van der Waals surface area (Å²) in [7, 11) is -1.83. The molecule has 0 aliphatic heterocycles. The lowest BCUT2D eigenvalue weighted by Crippen LogP contribution is -2.48. The third-order valence-corrected chi connectivity index (χ3v) is 18.1. The van der Waals surface area contributed by atoms with Gasteiger partial charge >= 0.3 is 0 Å². The molecule has 0 aliphatic rings. The Labute approximate surface area is 216 Å². The summed E-state index contributed by atoms with van der Waals surface area (Å²) in [5.41, 5.74) is 3.34. The topological polar surface area (TPSA) is 49.2 Å². The van der Waals surface area contributed by atoms with Crippen molar-refractivity contribution in [3.05, 3.63) is 48.3 Å². The highest BCUT2D eigenvalue weighted by Gasteiger charge is 2.44. The van der Waals surface area contributed by atoms with E-state index < -0.39 is 16.4 Å². The molecular formula is C28H49N3O2Si2. The largest absolute Gasteiger partial charge is 0.497 e. The number of methoxy groups -OCH3 is 1. The first-order chi connectivity index (χ1) is 16.5. The van der Waals surface area contributed by atoms with Crippen LogP contribution in [-0.4, -0.2) is 45.1 Å². The summed E-state index contributed by atoms with van der Waals surface area (Å²) >= 11 is 0. The van der Waals surface area contributed by atoms with Crippen molar-refractivity contribution in [3.8, 4) is 5.75 Å². The number of allylic oxidation sites excluding steroid dienone is 2. The maximum atomic E-state index is 6.72. The molecule has 0 unspecified atom stereocenters. The van der Waals surface area contributed by atoms with Crippen LogP contribution in [0.2, 0.25) is 35.3 Å². The molecule has 5 nitrogen and oxygen atoms in total. The van der Waals surface area contributed by atoms with E-state index in [-0.39, 0.29) is 0 Å². The van der Waals surface area contributed by atoms with Crippen LogP contribution >= 0.6 is 0 Å². The van der Waals surface area contributed by atoms with Gasteiger partial charge in [0.2, 0.25) is 0 Å². The molecule has 196 valence electrons. The van der Waals surface area contributed by atoms with Gasteiger partial charge in [0.1, 0.15) is 5.75 Å². The molecular weight excluding hydrogens is 466 g/mol. The Morgan fingerprint density at radius 1 is 0.971 bits per heavy atom. The highest BCUT2D eigenvalue weighted by molar-refractivity contribution is 6.91. The van der Waals surface area contributed by atoms with Gasteiger partial charge in [-0.1, -0.05) is 89.3 Å². The van der Waals surface area contributed by atoms with Crippen molar-refractivity contribution in [3.63, 3.8) is 0 Å². The molecule has 0 aliphatic carbocycles. The average Bonchev–Trinajstić information content (AvgIpc) is 3.26. The molecule has 0 saturated heterocycles. The SMILES string of the molecule is C/C=C/[C@@H](CCn1cc(CCO[Si](C(C)C)(C(C)C)C(C)C)nn1)[Si](C)(C)c1ccc(OC)cc1. The molecule has 2 rings (SSSR count). The van der Waals surface area contributed by atoms with Gasteiger partial charge < -0.3 is 9.16 Å². The predicted molar refractivity (Wildman–Crippen MR) is 154 cm³/mol. The van der Waals surface area contributed by atoms with Crippen molar-refractivity contribution >= 4 is 21.6 Å². The lowest BCUT2D eigenvalue weighted by Gasteiger charge is -2.42. The number of benzene rings is 1. The number of nitrogens with zero attached hydrogens (tertiary/aromatic N) is 3. The van der Waals surface area contributed by atoms with Gasteiger partial charge in [-0.3, -0.25) is 4.68 Å². The van der Waals surface area contributed by atoms with Crippen LogP contribution in [0.5, 0.6) is 5.75 Å². The van der Waals surface area contributed by atoms with Crippen LogP contribution in [0.25, 0.3) is 0 Å². The van der Waals surface area contributed by atoms with E-state index >= 15 is 0 Å². The van der Waals surface area contributed by atoms with Crippen LogP contribution in [0.3, 0.4) is 0 Å². The summed E-state index contributed by atoms with van der Waals surface area (Å²) in [4.78, 5) is 0. The molecule has 0 amide bonds. The van der Waals surface area contributed by atoms with Gasteiger partial charge in [0.15, 0.2) is 8.32 Å². The first kappa shape index (κ1) is 29.5. The van der Waals surface area contributed by atoms with Crippen molar-refractivity contribution in [2.24, 2.45) is 0 Å². The Kier molecular flexibility index (Phi) is 11.0. The Balaban J connectivity index is 2.02. The summed E-state index contributed by atoms with van der Waals surface area (Å²) in [5.74, 6) is 0.912. The summed E-state index contributed by atoms with van der Waals surface area (Å²) in [6.07, 6.45) is 8.57. The van der Waals surface area contributed by atoms with E-state index in [1.54, 1.807) is 7.11 Å². The standard InChI is InChI=1S/C28H49N3O2Si2/c1-11-12-27(34(9,10)28-15-13-26(32-8)14-16-28)17-19-31-21-25(29-30-31)18-20-33-35(22(2)3,23(4)5)24(6)7/h11-16,21-24,27H,17-20H2,1-10H3/b12-11+/t27-/m0/s1. The van der Waals surface area contributed by atoms with Crippen LogP contribution in [0.15, 0.2) is 42.6 Å². The van der Waals surface area contributed by atoms with Gasteiger partial charge in [0.05, 0.1) is 20.9 Å². The van der Waals surface area contributed by atoms with Gasteiger partial charge in [0.25, 0.3) is 0 Å². The fourth-order valence-electron chi connectivity index (χ4n) is 5.83. The number of hydrogen-bond donors (Lipinski definition) is 0. The second-order valence-corrected chi connectivity index (χ2v) is 21.5. The monoisotopic (exact) mass is 515 g/mol. The Morgan fingerprint density at radius 3 is 2.09 bits per heavy atom. The molecule has 1 aromatic carbocycles. The molecule has 0 spiro atoms. The van der Waals surface area contributed by atoms with Gasteiger partial charge in [0, 0.05) is 25.8 Å². The van der Waals surface area contributed by atoms with Crippen molar-refractivity contribution in [1.82, 2.24) is 15.0 Å². The highest BCUT2D eigenvalue weighted by atomic mass is 28.4. The summed E-state index contributed by atoms with van der Waals surface area (Å²) < 4.78 is 14.1. The molecule has 0 radical (unpaired) electrons. The second kappa shape index (κ2) is 13.0. The second-order valence-electron chi connectivity index (χ2n) is 11.3. The van der Waals surface area contributed by atoms with Crippen LogP contribution in [0.4, 0.5) is 0 Å². The number of ether oxygens (including phenoxy) is 1. The zero-order valence-corrected chi connectivity index (χ0v) is 25.8. The molecule has 0 fully saturated rings. The van der Waals surface area contributed by atoms with Gasteiger partial charge in [-0.2, -0.15) is 0 Å². The Bertz CT molecular complexity index is 899. The van der Waals surface area contributed by atoms with Crippen LogP contribution in [0.1, 0.15) is 60.6 Å². The number of rotatable bonds is 14. The highest BCUT2D eigenvalue weighted by Crippen LogP contribution is 2.42. The van der Waals surface area contributed by atoms with Crippen molar-refractivity contribution in [2.75, 3.05) is 13.7 Å². The third kappa shape index (κ3) is 7.17. The Morgan fingerprint density at radius 2 is 1.57 bits per heavy atom. The lowest BCUT2D eigenvalue weighted by atomic mass is 10.2. The minimum atomic E-state index is -1.84. The average molecular weight is 516 g/mol. The maximum absolute atomic E-state index is 6.72. The number of aromatic nitrogens is 3. The molecule has 0 bridgehead atoms. The smallest absolute Gasteiger partial charge is 0.200 e. The normalized spacial score (nSPS) is 14.0. The zero-order chi connectivity index (χ0) is 26.2. The first-order valence-corrected chi connectivity index (χ1v) is 18.5. The van der Waals surface area contributed by atoms with Gasteiger partial charge in [-0.05, 0) is 47.6 Å². The van der Waals surface area contributed by atoms with E-state index in [4.69, 9.17) is 9.16 Å². The van der Waals surface area contributed by atoms with E-state index in [2.05, 4.69) is 114 Å². The van der Waals surface area contributed by atoms with E-state index in [1.165, 1.54) is 5.19 Å². The van der Waals surface area contributed by atoms with Crippen LogP contribution in [0, 0.1) is 0 Å². The van der Waals surface area contributed by atoms with Crippen molar-refractivity contribution in [2.45, 2.75) is 103 Å². The quantitative estimate of drug-likeness (QED) is 0.201. The van der Waals surface area contributed by atoms with E-state index in [0.29, 0.717) is 22.2 Å². The maximum Gasteiger partial charge on any atom is 0.200 e. The molecule has 2 aromatic rings. The van der Waals surface area contributed by atoms with Crippen molar-refractivity contribution in [1.29, 1.82) is 0 Å². The van der Waals surface area contributed by atoms with Gasteiger partial charge in [-0.15, -0.1) is 5.10 Å². The summed E-state index contributed by atoms with van der Waals surface area (Å²) in [6.45, 7) is 22.6. The molecule has 0 N–H and O–H groups in total. The van der Waals surface area contributed by atoms with Crippen molar-refractivity contribution < 1.29 is 9.16 Å². The minimum Gasteiger partial charge on any atom is -0.497 e. The molecule has 0 saturated carbocycles. The molecule has 1 aromatic heterocycles. The summed E-state index contributed by atoms with van der Waals surface area (Å²) in [6, 6.07) is 8.64. The summed E-state index contributed by atoms with van der Waals surface area (Å²) in [5, 5.41) is 10.4. The number of aryl methyl sites for hydroxylation is 1. The fourth-order valence-corrected chi connectivity index (χ4v) is 14.3. The lowest BCUT2D eigenvalue weighted by molar-refractivity contribution is 0.280. The Hall–Kier alpha value is -1.71. The fraction of sp³-hybridized carbons (Fsp3) is 0.643.